The van der Waals surface area contributed by atoms with Gasteiger partial charge in [0, 0.05) is 11.6 Å². The van der Waals surface area contributed by atoms with Crippen LogP contribution in [0.5, 0.6) is 5.75 Å². The number of Topliss-reactive ketones (excluding diaryl/α,β-unsaturated/α-hetero) is 1. The number of aromatic hydroxyl groups is 1. The number of rotatable bonds is 5. The van der Waals surface area contributed by atoms with Crippen molar-refractivity contribution in [2.75, 3.05) is 13.6 Å². The van der Waals surface area contributed by atoms with Crippen molar-refractivity contribution in [3.63, 3.8) is 0 Å². The van der Waals surface area contributed by atoms with Crippen molar-refractivity contribution < 1.29 is 14.3 Å². The van der Waals surface area contributed by atoms with Crippen LogP contribution in [-0.2, 0) is 6.54 Å². The molecule has 0 unspecified atom stereocenters. The van der Waals surface area contributed by atoms with Gasteiger partial charge in [-0.3, -0.25) is 9.69 Å². The van der Waals surface area contributed by atoms with Crippen LogP contribution in [0.2, 0.25) is 5.02 Å². The summed E-state index contributed by atoms with van der Waals surface area (Å²) in [7, 11) is 1.77. The lowest BCUT2D eigenvalue weighted by Crippen LogP contribution is -2.25. The zero-order valence-corrected chi connectivity index (χ0v) is 12.3. The fourth-order valence-electron chi connectivity index (χ4n) is 2.06. The first-order valence-electron chi connectivity index (χ1n) is 6.40. The molecule has 0 heterocycles. The van der Waals surface area contributed by atoms with Gasteiger partial charge in [0.15, 0.2) is 5.78 Å². The van der Waals surface area contributed by atoms with Gasteiger partial charge in [-0.2, -0.15) is 0 Å². The third-order valence-electron chi connectivity index (χ3n) is 3.01. The summed E-state index contributed by atoms with van der Waals surface area (Å²) in [6, 6.07) is 10.7. The third kappa shape index (κ3) is 4.28. The smallest absolute Gasteiger partial charge is 0.180 e. The van der Waals surface area contributed by atoms with E-state index in [0.29, 0.717) is 11.6 Å². The first-order valence-corrected chi connectivity index (χ1v) is 6.78. The van der Waals surface area contributed by atoms with Crippen LogP contribution in [0.3, 0.4) is 0 Å². The van der Waals surface area contributed by atoms with Gasteiger partial charge in [0.25, 0.3) is 0 Å². The average molecular weight is 308 g/mol. The molecule has 0 atom stereocenters. The molecule has 3 nitrogen and oxygen atoms in total. The topological polar surface area (TPSA) is 40.5 Å². The molecule has 0 radical (unpaired) electrons. The zero-order valence-electron chi connectivity index (χ0n) is 11.5. The summed E-state index contributed by atoms with van der Waals surface area (Å²) in [4.78, 5) is 13.9. The highest BCUT2D eigenvalue weighted by Crippen LogP contribution is 2.19. The largest absolute Gasteiger partial charge is 0.507 e. The molecule has 0 fully saturated rings. The number of phenols is 1. The molecule has 0 aliphatic rings. The van der Waals surface area contributed by atoms with E-state index >= 15 is 0 Å². The van der Waals surface area contributed by atoms with Gasteiger partial charge in [-0.1, -0.05) is 23.7 Å². The summed E-state index contributed by atoms with van der Waals surface area (Å²) in [6.07, 6.45) is 0. The number of hydrogen-bond donors (Lipinski definition) is 1. The number of phenolic OH excluding ortho intramolecular Hbond substituents is 1. The van der Waals surface area contributed by atoms with Crippen LogP contribution >= 0.6 is 11.6 Å². The maximum atomic E-state index is 13.1. The molecule has 2 rings (SSSR count). The molecule has 5 heteroatoms. The van der Waals surface area contributed by atoms with Gasteiger partial charge in [-0.05, 0) is 42.9 Å². The van der Waals surface area contributed by atoms with Crippen LogP contribution in [0.4, 0.5) is 4.39 Å². The van der Waals surface area contributed by atoms with Crippen molar-refractivity contribution in [3.05, 3.63) is 64.4 Å². The van der Waals surface area contributed by atoms with Crippen LogP contribution < -0.4 is 0 Å². The van der Waals surface area contributed by atoms with E-state index in [2.05, 4.69) is 0 Å². The Balaban J connectivity index is 2.03. The van der Waals surface area contributed by atoms with Crippen molar-refractivity contribution in [1.29, 1.82) is 0 Å². The minimum absolute atomic E-state index is 0.00653. The van der Waals surface area contributed by atoms with Crippen molar-refractivity contribution in [3.8, 4) is 5.75 Å². The molecule has 0 aliphatic carbocycles. The monoisotopic (exact) mass is 307 g/mol. The number of nitrogens with zero attached hydrogens (tertiary/aromatic N) is 1. The van der Waals surface area contributed by atoms with Crippen molar-refractivity contribution in [2.24, 2.45) is 0 Å². The number of ketones is 1. The first kappa shape index (κ1) is 15.5. The molecule has 1 N–H and O–H groups in total. The lowest BCUT2D eigenvalue weighted by Gasteiger charge is -2.16. The molecule has 2 aromatic rings. The lowest BCUT2D eigenvalue weighted by atomic mass is 10.1. The Hall–Kier alpha value is -1.91. The summed E-state index contributed by atoms with van der Waals surface area (Å²) in [6.45, 7) is 0.603. The van der Waals surface area contributed by atoms with Gasteiger partial charge in [-0.15, -0.1) is 0 Å². The van der Waals surface area contributed by atoms with Crippen LogP contribution in [-0.4, -0.2) is 29.4 Å². The summed E-state index contributed by atoms with van der Waals surface area (Å²) < 4.78 is 13.1. The van der Waals surface area contributed by atoms with E-state index in [9.17, 15) is 14.3 Å². The molecule has 110 valence electrons. The second-order valence-electron chi connectivity index (χ2n) is 4.89. The Morgan fingerprint density at radius 1 is 1.29 bits per heavy atom. The Morgan fingerprint density at radius 3 is 2.76 bits per heavy atom. The maximum Gasteiger partial charge on any atom is 0.180 e. The van der Waals surface area contributed by atoms with Crippen LogP contribution in [0.15, 0.2) is 42.5 Å². The lowest BCUT2D eigenvalue weighted by molar-refractivity contribution is 0.0940. The Kier molecular flexibility index (Phi) is 4.94. The van der Waals surface area contributed by atoms with Gasteiger partial charge in [0.2, 0.25) is 0 Å². The predicted octanol–water partition coefficient (Wildman–Crippen LogP) is 3.50. The highest BCUT2D eigenvalue weighted by atomic mass is 35.5. The summed E-state index contributed by atoms with van der Waals surface area (Å²) in [5, 5.41) is 10.3. The summed E-state index contributed by atoms with van der Waals surface area (Å²) >= 11 is 5.91. The minimum atomic E-state index is -0.548. The number of benzene rings is 2. The van der Waals surface area contributed by atoms with Gasteiger partial charge < -0.3 is 5.11 Å². The molecule has 0 saturated heterocycles. The average Bonchev–Trinajstić information content (AvgIpc) is 2.41. The van der Waals surface area contributed by atoms with Gasteiger partial charge in [0.1, 0.15) is 11.6 Å². The van der Waals surface area contributed by atoms with Crippen molar-refractivity contribution in [2.45, 2.75) is 6.54 Å². The fraction of sp³-hybridized carbons (Fsp3) is 0.188. The number of likely N-dealkylation sites (N-methyl/N-ethyl adjacent to an activating group) is 1. The molecule has 2 aromatic carbocycles. The quantitative estimate of drug-likeness (QED) is 0.860. The minimum Gasteiger partial charge on any atom is -0.507 e. The molecule has 21 heavy (non-hydrogen) atoms. The summed E-state index contributed by atoms with van der Waals surface area (Å²) in [5.41, 5.74) is 0.967. The van der Waals surface area contributed by atoms with E-state index in [0.717, 1.165) is 17.7 Å². The van der Waals surface area contributed by atoms with Crippen LogP contribution in [0.25, 0.3) is 0 Å². The highest BCUT2D eigenvalue weighted by molar-refractivity contribution is 6.30. The molecule has 0 spiro atoms. The first-order chi connectivity index (χ1) is 9.95. The zero-order chi connectivity index (χ0) is 15.4. The van der Waals surface area contributed by atoms with E-state index < -0.39 is 5.82 Å². The fourth-order valence-corrected chi connectivity index (χ4v) is 2.28. The molecular formula is C16H15ClFNO2. The van der Waals surface area contributed by atoms with Crippen LogP contribution in [0.1, 0.15) is 15.9 Å². The second kappa shape index (κ2) is 6.70. The highest BCUT2D eigenvalue weighted by Gasteiger charge is 2.14. The molecule has 0 amide bonds. The normalized spacial score (nSPS) is 10.9. The van der Waals surface area contributed by atoms with Crippen molar-refractivity contribution >= 4 is 17.4 Å². The standard InChI is InChI=1S/C16H15ClFNO2/c1-19(9-11-3-2-4-12(17)7-11)10-16(21)14-8-13(18)5-6-15(14)20/h2-8,20H,9-10H2,1H3. The predicted molar refractivity (Wildman–Crippen MR) is 80.2 cm³/mol. The van der Waals surface area contributed by atoms with Gasteiger partial charge in [0.05, 0.1) is 12.1 Å². The summed E-state index contributed by atoms with van der Waals surface area (Å²) in [5.74, 6) is -1.09. The maximum absolute atomic E-state index is 13.1. The van der Waals surface area contributed by atoms with Gasteiger partial charge >= 0.3 is 0 Å². The third-order valence-corrected chi connectivity index (χ3v) is 3.25. The second-order valence-corrected chi connectivity index (χ2v) is 5.32. The Morgan fingerprint density at radius 2 is 2.05 bits per heavy atom. The van der Waals surface area contributed by atoms with Crippen molar-refractivity contribution in [1.82, 2.24) is 4.90 Å². The molecule has 0 bridgehead atoms. The Bertz CT molecular complexity index is 660. The SMILES string of the molecule is CN(CC(=O)c1cc(F)ccc1O)Cc1cccc(Cl)c1. The van der Waals surface area contributed by atoms with E-state index in [1.165, 1.54) is 6.07 Å². The van der Waals surface area contributed by atoms with E-state index in [1.54, 1.807) is 18.0 Å². The molecular weight excluding hydrogens is 293 g/mol. The number of carbonyl (C=O) groups is 1. The van der Waals surface area contributed by atoms with Gasteiger partial charge in [-0.25, -0.2) is 4.39 Å². The molecule has 0 saturated carbocycles. The number of halogens is 2. The van der Waals surface area contributed by atoms with E-state index in [-0.39, 0.29) is 23.6 Å². The van der Waals surface area contributed by atoms with E-state index in [1.807, 2.05) is 18.2 Å². The van der Waals surface area contributed by atoms with Crippen LogP contribution in [0, 0.1) is 5.82 Å². The molecule has 0 aliphatic heterocycles. The Labute approximate surface area is 127 Å². The van der Waals surface area contributed by atoms with E-state index in [4.69, 9.17) is 11.6 Å². The number of carbonyl (C=O) groups excluding carboxylic acids is 1. The number of hydrogen-bond acceptors (Lipinski definition) is 3. The molecule has 0 aromatic heterocycles.